The Morgan fingerprint density at radius 2 is 2.08 bits per heavy atom. The Kier molecular flexibility index (Phi) is 5.49. The summed E-state index contributed by atoms with van der Waals surface area (Å²) in [7, 11) is 0. The van der Waals surface area contributed by atoms with Gasteiger partial charge >= 0.3 is 6.09 Å². The van der Waals surface area contributed by atoms with Crippen LogP contribution in [0, 0.1) is 11.8 Å². The minimum atomic E-state index is -0.492. The highest BCUT2D eigenvalue weighted by molar-refractivity contribution is 5.96. The van der Waals surface area contributed by atoms with Gasteiger partial charge in [-0.15, -0.1) is 0 Å². The molecule has 2 aliphatic rings. The van der Waals surface area contributed by atoms with Crippen molar-refractivity contribution in [2.75, 3.05) is 24.5 Å². The number of likely N-dealkylation sites (tertiary alicyclic amines) is 1. The van der Waals surface area contributed by atoms with E-state index in [0.717, 1.165) is 37.9 Å². The molecule has 1 aliphatic heterocycles. The van der Waals surface area contributed by atoms with Gasteiger partial charge in [0.05, 0.1) is 11.9 Å². The van der Waals surface area contributed by atoms with Crippen molar-refractivity contribution in [2.45, 2.75) is 52.1 Å². The van der Waals surface area contributed by atoms with Crippen LogP contribution in [0.2, 0.25) is 0 Å². The zero-order chi connectivity index (χ0) is 18.7. The second kappa shape index (κ2) is 7.64. The molecule has 0 spiro atoms. The Morgan fingerprint density at radius 1 is 1.31 bits per heavy atom. The number of carbonyl (C=O) groups excluding carboxylic acids is 2. The molecule has 1 saturated heterocycles. The smallest absolute Gasteiger partial charge is 0.410 e. The van der Waals surface area contributed by atoms with E-state index in [1.165, 1.54) is 0 Å². The van der Waals surface area contributed by atoms with E-state index >= 15 is 0 Å². The first-order valence-electron chi connectivity index (χ1n) is 9.53. The van der Waals surface area contributed by atoms with Gasteiger partial charge in [0.15, 0.2) is 0 Å². The van der Waals surface area contributed by atoms with Gasteiger partial charge in [-0.25, -0.2) is 4.79 Å². The van der Waals surface area contributed by atoms with Gasteiger partial charge in [0.2, 0.25) is 5.91 Å². The topological polar surface area (TPSA) is 62.7 Å². The highest BCUT2D eigenvalue weighted by atomic mass is 16.6. The van der Waals surface area contributed by atoms with Gasteiger partial charge < -0.3 is 14.5 Å². The second-order valence-corrected chi connectivity index (χ2v) is 8.37. The fraction of sp³-hybridized carbons (Fsp3) is 0.650. The predicted octanol–water partition coefficient (Wildman–Crippen LogP) is 3.47. The monoisotopic (exact) mass is 359 g/mol. The van der Waals surface area contributed by atoms with Crippen molar-refractivity contribution in [3.05, 3.63) is 24.5 Å². The summed E-state index contributed by atoms with van der Waals surface area (Å²) in [6, 6.07) is 3.79. The maximum atomic E-state index is 12.8. The summed E-state index contributed by atoms with van der Waals surface area (Å²) in [5.74, 6) is 0.590. The summed E-state index contributed by atoms with van der Waals surface area (Å²) in [5.41, 5.74) is 0.354. The first kappa shape index (κ1) is 18.7. The summed E-state index contributed by atoms with van der Waals surface area (Å²) < 4.78 is 5.51. The maximum absolute atomic E-state index is 12.8. The summed E-state index contributed by atoms with van der Waals surface area (Å²) in [6.45, 7) is 7.61. The van der Waals surface area contributed by atoms with Crippen molar-refractivity contribution >= 4 is 17.7 Å². The van der Waals surface area contributed by atoms with Gasteiger partial charge in [-0.05, 0) is 64.5 Å². The van der Waals surface area contributed by atoms with Gasteiger partial charge in [0.1, 0.15) is 5.60 Å². The third kappa shape index (κ3) is 4.96. The van der Waals surface area contributed by atoms with Gasteiger partial charge in [-0.1, -0.05) is 0 Å². The van der Waals surface area contributed by atoms with E-state index in [1.54, 1.807) is 17.3 Å². The molecule has 1 atom stereocenters. The molecule has 6 heteroatoms. The number of nitrogens with zero attached hydrogens (tertiary/aromatic N) is 3. The zero-order valence-electron chi connectivity index (χ0n) is 16.0. The Bertz CT molecular complexity index is 637. The van der Waals surface area contributed by atoms with Crippen LogP contribution in [-0.2, 0) is 9.53 Å². The molecule has 0 unspecified atom stereocenters. The number of amides is 2. The first-order valence-corrected chi connectivity index (χ1v) is 9.53. The van der Waals surface area contributed by atoms with E-state index in [-0.39, 0.29) is 23.8 Å². The predicted molar refractivity (Wildman–Crippen MR) is 99.8 cm³/mol. The fourth-order valence-corrected chi connectivity index (χ4v) is 3.35. The molecule has 0 aromatic carbocycles. The number of anilines is 1. The lowest BCUT2D eigenvalue weighted by molar-refractivity contribution is -0.120. The molecule has 6 nitrogen and oxygen atoms in total. The van der Waals surface area contributed by atoms with Gasteiger partial charge in [0, 0.05) is 31.7 Å². The molecule has 2 fully saturated rings. The van der Waals surface area contributed by atoms with Crippen LogP contribution < -0.4 is 4.90 Å². The summed E-state index contributed by atoms with van der Waals surface area (Å²) in [6.07, 6.45) is 7.09. The first-order chi connectivity index (χ1) is 12.3. The summed E-state index contributed by atoms with van der Waals surface area (Å²) >= 11 is 0. The molecular formula is C20H29N3O3. The molecule has 1 aliphatic carbocycles. The average molecular weight is 359 g/mol. The highest BCUT2D eigenvalue weighted by Gasteiger charge is 2.36. The summed E-state index contributed by atoms with van der Waals surface area (Å²) in [5, 5.41) is 0. The number of ether oxygens (including phenoxy) is 1. The molecule has 1 aromatic heterocycles. The molecule has 0 radical (unpaired) electrons. The van der Waals surface area contributed by atoms with Crippen LogP contribution in [-0.4, -0.2) is 47.1 Å². The van der Waals surface area contributed by atoms with Gasteiger partial charge in [-0.2, -0.15) is 0 Å². The Morgan fingerprint density at radius 3 is 2.69 bits per heavy atom. The largest absolute Gasteiger partial charge is 0.444 e. The molecule has 0 bridgehead atoms. The van der Waals surface area contributed by atoms with E-state index in [4.69, 9.17) is 4.74 Å². The molecule has 1 aromatic rings. The van der Waals surface area contributed by atoms with E-state index in [9.17, 15) is 9.59 Å². The lowest BCUT2D eigenvalue weighted by Gasteiger charge is -2.36. The van der Waals surface area contributed by atoms with E-state index in [2.05, 4.69) is 4.98 Å². The van der Waals surface area contributed by atoms with Crippen LogP contribution >= 0.6 is 0 Å². The van der Waals surface area contributed by atoms with Crippen molar-refractivity contribution in [2.24, 2.45) is 11.8 Å². The lowest BCUT2D eigenvalue weighted by Crippen LogP contribution is -2.47. The fourth-order valence-electron chi connectivity index (χ4n) is 3.35. The van der Waals surface area contributed by atoms with Gasteiger partial charge in [0.25, 0.3) is 0 Å². The summed E-state index contributed by atoms with van der Waals surface area (Å²) in [4.78, 5) is 33.0. The Balaban J connectivity index is 1.66. The Hall–Kier alpha value is -2.11. The number of hydrogen-bond acceptors (Lipinski definition) is 4. The van der Waals surface area contributed by atoms with Crippen molar-refractivity contribution in [3.63, 3.8) is 0 Å². The standard InChI is InChI=1S/C20H29N3O3/c1-20(2,3)26-19(25)22-11-5-6-15(13-22)14-23(18(24)16-8-9-16)17-7-4-10-21-12-17/h4,7,10,12,15-16H,5-6,8-9,11,13-14H2,1-3H3/t15-/m1/s1. The number of hydrogen-bond donors (Lipinski definition) is 0. The molecule has 2 heterocycles. The van der Waals surface area contributed by atoms with Crippen molar-refractivity contribution < 1.29 is 14.3 Å². The van der Waals surface area contributed by atoms with E-state index in [0.29, 0.717) is 13.1 Å². The van der Waals surface area contributed by atoms with Crippen LogP contribution in [0.1, 0.15) is 46.5 Å². The van der Waals surface area contributed by atoms with Crippen LogP contribution in [0.5, 0.6) is 0 Å². The minimum absolute atomic E-state index is 0.153. The Labute approximate surface area is 155 Å². The minimum Gasteiger partial charge on any atom is -0.444 e. The van der Waals surface area contributed by atoms with Crippen molar-refractivity contribution in [1.29, 1.82) is 0 Å². The average Bonchev–Trinajstić information content (AvgIpc) is 3.44. The third-order valence-electron chi connectivity index (χ3n) is 4.76. The molecular weight excluding hydrogens is 330 g/mol. The van der Waals surface area contributed by atoms with E-state index in [1.807, 2.05) is 37.8 Å². The molecule has 2 amide bonds. The molecule has 0 N–H and O–H groups in total. The third-order valence-corrected chi connectivity index (χ3v) is 4.76. The number of pyridine rings is 1. The van der Waals surface area contributed by atoms with Gasteiger partial charge in [-0.3, -0.25) is 9.78 Å². The lowest BCUT2D eigenvalue weighted by atomic mass is 9.97. The zero-order valence-corrected chi connectivity index (χ0v) is 16.0. The number of piperidine rings is 1. The van der Waals surface area contributed by atoms with Crippen molar-refractivity contribution in [1.82, 2.24) is 9.88 Å². The van der Waals surface area contributed by atoms with Crippen LogP contribution in [0.25, 0.3) is 0 Å². The van der Waals surface area contributed by atoms with Crippen LogP contribution in [0.3, 0.4) is 0 Å². The number of rotatable bonds is 4. The quantitative estimate of drug-likeness (QED) is 0.826. The molecule has 3 rings (SSSR count). The molecule has 1 saturated carbocycles. The second-order valence-electron chi connectivity index (χ2n) is 8.37. The molecule has 142 valence electrons. The van der Waals surface area contributed by atoms with Crippen LogP contribution in [0.4, 0.5) is 10.5 Å². The van der Waals surface area contributed by atoms with Crippen LogP contribution in [0.15, 0.2) is 24.5 Å². The van der Waals surface area contributed by atoms with E-state index < -0.39 is 5.60 Å². The maximum Gasteiger partial charge on any atom is 0.410 e. The molecule has 26 heavy (non-hydrogen) atoms. The normalized spacial score (nSPS) is 20.6. The van der Waals surface area contributed by atoms with Crippen molar-refractivity contribution in [3.8, 4) is 0 Å². The number of aromatic nitrogens is 1. The SMILES string of the molecule is CC(C)(C)OC(=O)N1CCC[C@@H](CN(C(=O)C2CC2)c2cccnc2)C1. The highest BCUT2D eigenvalue weighted by Crippen LogP contribution is 2.33. The number of carbonyl (C=O) groups is 2.